The zero-order valence-electron chi connectivity index (χ0n) is 17.0. The summed E-state index contributed by atoms with van der Waals surface area (Å²) < 4.78 is 13.2. The molecule has 2 aromatic carbocycles. The Labute approximate surface area is 175 Å². The smallest absolute Gasteiger partial charge is 0.272 e. The van der Waals surface area contributed by atoms with E-state index in [9.17, 15) is 9.18 Å². The SMILES string of the molecule is CN1C2CC(NC(=O)c3n[nH]c4ccccc34)CC1CN(Cc1ccc(F)cc1)C2. The summed E-state index contributed by atoms with van der Waals surface area (Å²) in [6.07, 6.45) is 1.84. The standard InChI is InChI=1S/C23H26FN5O/c1-28-18-10-17(25-23(30)22-20-4-2-3-5-21(20)26-27-22)11-19(28)14-29(13-18)12-15-6-8-16(24)9-7-15/h2-9,17-19H,10-14H2,1H3,(H,25,30)(H,26,27). The molecule has 2 aliphatic heterocycles. The Morgan fingerprint density at radius 2 is 1.83 bits per heavy atom. The van der Waals surface area contributed by atoms with E-state index in [1.54, 1.807) is 0 Å². The fourth-order valence-electron chi connectivity index (χ4n) is 4.95. The quantitative estimate of drug-likeness (QED) is 0.698. The molecule has 3 heterocycles. The van der Waals surface area contributed by atoms with Crippen molar-refractivity contribution < 1.29 is 9.18 Å². The molecule has 7 heteroatoms. The summed E-state index contributed by atoms with van der Waals surface area (Å²) in [7, 11) is 2.18. The summed E-state index contributed by atoms with van der Waals surface area (Å²) in [5, 5.41) is 11.2. The lowest BCUT2D eigenvalue weighted by Crippen LogP contribution is -2.63. The molecule has 0 radical (unpaired) electrons. The van der Waals surface area contributed by atoms with Crippen LogP contribution in [0, 0.1) is 5.82 Å². The first kappa shape index (κ1) is 19.2. The molecule has 1 aromatic heterocycles. The number of nitrogens with one attached hydrogen (secondary N) is 2. The number of hydrogen-bond acceptors (Lipinski definition) is 4. The van der Waals surface area contributed by atoms with Crippen LogP contribution in [0.4, 0.5) is 4.39 Å². The topological polar surface area (TPSA) is 64.3 Å². The molecule has 156 valence electrons. The van der Waals surface area contributed by atoms with Crippen molar-refractivity contribution in [2.45, 2.75) is 37.5 Å². The van der Waals surface area contributed by atoms with E-state index in [1.807, 2.05) is 36.4 Å². The number of carbonyl (C=O) groups is 1. The summed E-state index contributed by atoms with van der Waals surface area (Å²) in [6, 6.07) is 15.4. The zero-order valence-corrected chi connectivity index (χ0v) is 17.0. The number of likely N-dealkylation sites (tertiary alicyclic amines) is 1. The third-order valence-electron chi connectivity index (χ3n) is 6.54. The fourth-order valence-corrected chi connectivity index (χ4v) is 4.95. The lowest BCUT2D eigenvalue weighted by atomic mass is 9.87. The van der Waals surface area contributed by atoms with Gasteiger partial charge in [-0.25, -0.2) is 4.39 Å². The summed E-state index contributed by atoms with van der Waals surface area (Å²) in [4.78, 5) is 17.8. The van der Waals surface area contributed by atoms with E-state index < -0.39 is 0 Å². The van der Waals surface area contributed by atoms with Gasteiger partial charge in [0.05, 0.1) is 5.52 Å². The number of fused-ring (bicyclic) bond motifs is 3. The van der Waals surface area contributed by atoms with Crippen LogP contribution >= 0.6 is 0 Å². The number of H-pyrrole nitrogens is 1. The van der Waals surface area contributed by atoms with E-state index in [2.05, 4.69) is 32.4 Å². The predicted octanol–water partition coefficient (Wildman–Crippen LogP) is 2.78. The van der Waals surface area contributed by atoms with Crippen LogP contribution in [0.15, 0.2) is 48.5 Å². The van der Waals surface area contributed by atoms with Crippen molar-refractivity contribution >= 4 is 16.8 Å². The molecule has 3 aromatic rings. The van der Waals surface area contributed by atoms with Gasteiger partial charge in [0, 0.05) is 43.1 Å². The fraction of sp³-hybridized carbons (Fsp3) is 0.391. The van der Waals surface area contributed by atoms with Gasteiger partial charge in [0.15, 0.2) is 5.69 Å². The van der Waals surface area contributed by atoms with Crippen molar-refractivity contribution in [3.63, 3.8) is 0 Å². The summed E-state index contributed by atoms with van der Waals surface area (Å²) in [6.45, 7) is 2.72. The average Bonchev–Trinajstić information content (AvgIpc) is 3.15. The largest absolute Gasteiger partial charge is 0.348 e. The van der Waals surface area contributed by atoms with Crippen molar-refractivity contribution in [3.8, 4) is 0 Å². The van der Waals surface area contributed by atoms with Gasteiger partial charge >= 0.3 is 0 Å². The van der Waals surface area contributed by atoms with Crippen LogP contribution < -0.4 is 5.32 Å². The Morgan fingerprint density at radius 3 is 2.57 bits per heavy atom. The first-order chi connectivity index (χ1) is 14.6. The van der Waals surface area contributed by atoms with Crippen LogP contribution in [0.3, 0.4) is 0 Å². The van der Waals surface area contributed by atoms with Crippen LogP contribution in [0.5, 0.6) is 0 Å². The highest BCUT2D eigenvalue weighted by molar-refractivity contribution is 6.04. The van der Waals surface area contributed by atoms with Crippen LogP contribution in [0.25, 0.3) is 10.9 Å². The molecule has 2 saturated heterocycles. The maximum absolute atomic E-state index is 13.2. The molecule has 30 heavy (non-hydrogen) atoms. The number of aromatic amines is 1. The van der Waals surface area contributed by atoms with Gasteiger partial charge in [-0.1, -0.05) is 30.3 Å². The minimum atomic E-state index is -0.197. The molecule has 2 aliphatic rings. The lowest BCUT2D eigenvalue weighted by Gasteiger charge is -2.51. The molecule has 2 N–H and O–H groups in total. The lowest BCUT2D eigenvalue weighted by molar-refractivity contribution is -0.00512. The second-order valence-corrected chi connectivity index (χ2v) is 8.55. The highest BCUT2D eigenvalue weighted by Crippen LogP contribution is 2.29. The van der Waals surface area contributed by atoms with Gasteiger partial charge in [0.1, 0.15) is 5.82 Å². The van der Waals surface area contributed by atoms with Crippen LogP contribution in [-0.4, -0.2) is 64.2 Å². The maximum atomic E-state index is 13.2. The van der Waals surface area contributed by atoms with E-state index in [0.29, 0.717) is 17.8 Å². The van der Waals surface area contributed by atoms with Crippen LogP contribution in [-0.2, 0) is 6.54 Å². The number of likely N-dealkylation sites (N-methyl/N-ethyl adjacent to an activating group) is 1. The van der Waals surface area contributed by atoms with Gasteiger partial charge in [-0.05, 0) is 43.7 Å². The van der Waals surface area contributed by atoms with Crippen molar-refractivity contribution in [2.75, 3.05) is 20.1 Å². The van der Waals surface area contributed by atoms with Crippen molar-refractivity contribution in [2.24, 2.45) is 0 Å². The molecule has 0 saturated carbocycles. The van der Waals surface area contributed by atoms with Gasteiger partial charge in [0.25, 0.3) is 5.91 Å². The number of hydrogen-bond donors (Lipinski definition) is 2. The number of carbonyl (C=O) groups excluding carboxylic acids is 1. The number of piperidine rings is 1. The second-order valence-electron chi connectivity index (χ2n) is 8.55. The Bertz CT molecular complexity index is 1030. The number of nitrogens with zero attached hydrogens (tertiary/aromatic N) is 3. The molecular weight excluding hydrogens is 381 g/mol. The predicted molar refractivity (Wildman–Crippen MR) is 114 cm³/mol. The highest BCUT2D eigenvalue weighted by atomic mass is 19.1. The van der Waals surface area contributed by atoms with E-state index in [-0.39, 0.29) is 17.8 Å². The Balaban J connectivity index is 1.24. The Hall–Kier alpha value is -2.77. The van der Waals surface area contributed by atoms with Gasteiger partial charge in [-0.3, -0.25) is 19.7 Å². The third kappa shape index (κ3) is 3.70. The highest BCUT2D eigenvalue weighted by Gasteiger charge is 2.39. The molecule has 2 bridgehead atoms. The molecule has 6 nitrogen and oxygen atoms in total. The first-order valence-electron chi connectivity index (χ1n) is 10.5. The second kappa shape index (κ2) is 7.81. The van der Waals surface area contributed by atoms with Crippen molar-refractivity contribution in [3.05, 3.63) is 65.6 Å². The van der Waals surface area contributed by atoms with Crippen molar-refractivity contribution in [1.29, 1.82) is 0 Å². The molecule has 2 atom stereocenters. The minimum absolute atomic E-state index is 0.108. The van der Waals surface area contributed by atoms with Crippen molar-refractivity contribution in [1.82, 2.24) is 25.3 Å². The van der Waals surface area contributed by atoms with E-state index in [4.69, 9.17) is 0 Å². The van der Waals surface area contributed by atoms with Crippen LogP contribution in [0.1, 0.15) is 28.9 Å². The molecule has 1 amide bonds. The van der Waals surface area contributed by atoms with Gasteiger partial charge in [-0.15, -0.1) is 0 Å². The Kier molecular flexibility index (Phi) is 5.00. The number of amides is 1. The number of para-hydroxylation sites is 1. The van der Waals surface area contributed by atoms with Gasteiger partial charge < -0.3 is 5.32 Å². The van der Waals surface area contributed by atoms with Gasteiger partial charge in [-0.2, -0.15) is 5.10 Å². The first-order valence-corrected chi connectivity index (χ1v) is 10.5. The number of piperazine rings is 1. The summed E-state index contributed by atoms with van der Waals surface area (Å²) >= 11 is 0. The number of halogens is 1. The van der Waals surface area contributed by atoms with E-state index in [0.717, 1.165) is 48.9 Å². The number of benzene rings is 2. The average molecular weight is 407 g/mol. The summed E-state index contributed by atoms with van der Waals surface area (Å²) in [5.74, 6) is -0.305. The molecular formula is C23H26FN5O. The molecule has 2 fully saturated rings. The Morgan fingerprint density at radius 1 is 1.13 bits per heavy atom. The summed E-state index contributed by atoms with van der Waals surface area (Å²) in [5.41, 5.74) is 2.47. The molecule has 0 aliphatic carbocycles. The molecule has 5 rings (SSSR count). The van der Waals surface area contributed by atoms with Crippen LogP contribution in [0.2, 0.25) is 0 Å². The van der Waals surface area contributed by atoms with E-state index in [1.165, 1.54) is 12.1 Å². The normalized spacial score (nSPS) is 24.8. The van der Waals surface area contributed by atoms with Gasteiger partial charge in [0.2, 0.25) is 0 Å². The molecule has 0 spiro atoms. The third-order valence-corrected chi connectivity index (χ3v) is 6.54. The zero-order chi connectivity index (χ0) is 20.7. The maximum Gasteiger partial charge on any atom is 0.272 e. The van der Waals surface area contributed by atoms with E-state index >= 15 is 0 Å². The number of rotatable bonds is 4. The monoisotopic (exact) mass is 407 g/mol. The molecule has 2 unspecified atom stereocenters. The number of aromatic nitrogens is 2. The minimum Gasteiger partial charge on any atom is -0.348 e.